The number of H-pyrrole nitrogens is 1. The molecule has 88 valence electrons. The third kappa shape index (κ3) is 1.91. The number of thioether (sulfide) groups is 1. The molecule has 1 aromatic carbocycles. The number of hydrogen-bond acceptors (Lipinski definition) is 1. The molecule has 1 nitrogen and oxygen atoms in total. The summed E-state index contributed by atoms with van der Waals surface area (Å²) in [6.07, 6.45) is 5.80. The lowest BCUT2D eigenvalue weighted by Gasteiger charge is -2.08. The van der Waals surface area contributed by atoms with Crippen LogP contribution in [0.1, 0.15) is 23.2 Å². The zero-order valence-electron chi connectivity index (χ0n) is 10.3. The van der Waals surface area contributed by atoms with E-state index < -0.39 is 0 Å². The molecule has 1 aliphatic rings. The predicted molar refractivity (Wildman–Crippen MR) is 74.8 cm³/mol. The van der Waals surface area contributed by atoms with Gasteiger partial charge in [-0.25, -0.2) is 0 Å². The van der Waals surface area contributed by atoms with Gasteiger partial charge in [0.25, 0.3) is 0 Å². The van der Waals surface area contributed by atoms with Crippen LogP contribution in [0.5, 0.6) is 0 Å². The van der Waals surface area contributed by atoms with Gasteiger partial charge in [0, 0.05) is 21.8 Å². The molecule has 3 rings (SSSR count). The summed E-state index contributed by atoms with van der Waals surface area (Å²) in [4.78, 5) is 4.89. The second-order valence-electron chi connectivity index (χ2n) is 4.73. The van der Waals surface area contributed by atoms with Crippen LogP contribution >= 0.6 is 11.8 Å². The third-order valence-corrected chi connectivity index (χ3v) is 4.23. The van der Waals surface area contributed by atoms with E-state index in [1.54, 1.807) is 0 Å². The molecular formula is C15H17NS. The van der Waals surface area contributed by atoms with Gasteiger partial charge in [-0.3, -0.25) is 0 Å². The number of fused-ring (bicyclic) bond motifs is 3. The zero-order valence-corrected chi connectivity index (χ0v) is 11.2. The largest absolute Gasteiger partial charge is 0.358 e. The Morgan fingerprint density at radius 3 is 2.76 bits per heavy atom. The topological polar surface area (TPSA) is 15.8 Å². The summed E-state index contributed by atoms with van der Waals surface area (Å²) >= 11 is 1.82. The van der Waals surface area contributed by atoms with E-state index in [0.29, 0.717) is 0 Å². The maximum Gasteiger partial charge on any atom is 0.0491 e. The molecular weight excluding hydrogens is 226 g/mol. The highest BCUT2D eigenvalue weighted by Gasteiger charge is 2.16. The molecule has 0 amide bonds. The van der Waals surface area contributed by atoms with E-state index in [2.05, 4.69) is 42.4 Å². The Labute approximate surface area is 107 Å². The molecule has 2 aromatic rings. The molecule has 0 saturated heterocycles. The maximum absolute atomic E-state index is 3.52. The zero-order chi connectivity index (χ0) is 11.8. The van der Waals surface area contributed by atoms with Gasteiger partial charge in [-0.05, 0) is 61.8 Å². The molecule has 1 heterocycles. The summed E-state index contributed by atoms with van der Waals surface area (Å²) in [5, 5.41) is 0. The first-order chi connectivity index (χ1) is 8.28. The van der Waals surface area contributed by atoms with Crippen LogP contribution < -0.4 is 0 Å². The Balaban J connectivity index is 2.18. The van der Waals surface area contributed by atoms with E-state index in [9.17, 15) is 0 Å². The van der Waals surface area contributed by atoms with Crippen molar-refractivity contribution in [2.75, 3.05) is 6.26 Å². The van der Waals surface area contributed by atoms with Gasteiger partial charge in [-0.1, -0.05) is 6.07 Å². The van der Waals surface area contributed by atoms with Crippen molar-refractivity contribution in [1.29, 1.82) is 0 Å². The van der Waals surface area contributed by atoms with Crippen molar-refractivity contribution in [2.24, 2.45) is 0 Å². The van der Waals surface area contributed by atoms with Crippen LogP contribution in [0.3, 0.4) is 0 Å². The minimum atomic E-state index is 1.20. The number of rotatable bonds is 1. The first-order valence-electron chi connectivity index (χ1n) is 6.13. The molecule has 1 N–H and O–H groups in total. The van der Waals surface area contributed by atoms with Crippen LogP contribution in [-0.4, -0.2) is 11.2 Å². The van der Waals surface area contributed by atoms with Gasteiger partial charge in [0.05, 0.1) is 0 Å². The van der Waals surface area contributed by atoms with E-state index >= 15 is 0 Å². The fourth-order valence-electron chi connectivity index (χ4n) is 2.70. The molecule has 0 saturated carbocycles. The normalized spacial score (nSPS) is 14.0. The molecule has 2 heteroatoms. The number of hydrogen-bond donors (Lipinski definition) is 1. The Hall–Kier alpha value is -1.15. The standard InChI is InChI=1S/C15H17NS/c1-10-8-12-5-3-4-11-9-13(17-2)6-7-14(11)15(12)16-10/h6-9,16H,3-5H2,1-2H3. The summed E-state index contributed by atoms with van der Waals surface area (Å²) in [5.74, 6) is 0. The first kappa shape index (κ1) is 11.0. The van der Waals surface area contributed by atoms with Crippen LogP contribution in [-0.2, 0) is 12.8 Å². The van der Waals surface area contributed by atoms with Gasteiger partial charge in [0.2, 0.25) is 0 Å². The highest BCUT2D eigenvalue weighted by atomic mass is 32.2. The average Bonchev–Trinajstić information content (AvgIpc) is 2.62. The fraction of sp³-hybridized carbons (Fsp3) is 0.333. The Bertz CT molecular complexity index is 554. The molecule has 0 atom stereocenters. The number of aromatic amines is 1. The van der Waals surface area contributed by atoms with E-state index in [4.69, 9.17) is 0 Å². The second-order valence-corrected chi connectivity index (χ2v) is 5.61. The molecule has 0 aliphatic heterocycles. The van der Waals surface area contributed by atoms with Crippen LogP contribution in [0.2, 0.25) is 0 Å². The maximum atomic E-state index is 3.52. The smallest absolute Gasteiger partial charge is 0.0491 e. The lowest BCUT2D eigenvalue weighted by atomic mass is 10.0. The lowest BCUT2D eigenvalue weighted by molar-refractivity contribution is 0.833. The van der Waals surface area contributed by atoms with Crippen molar-refractivity contribution < 1.29 is 0 Å². The summed E-state index contributed by atoms with van der Waals surface area (Å²) < 4.78 is 0. The number of aryl methyl sites for hydroxylation is 3. The Morgan fingerprint density at radius 1 is 1.12 bits per heavy atom. The minimum Gasteiger partial charge on any atom is -0.358 e. The van der Waals surface area contributed by atoms with Crippen LogP contribution in [0.4, 0.5) is 0 Å². The summed E-state index contributed by atoms with van der Waals surface area (Å²) in [7, 11) is 0. The number of benzene rings is 1. The third-order valence-electron chi connectivity index (χ3n) is 3.51. The van der Waals surface area contributed by atoms with Crippen molar-refractivity contribution in [3.63, 3.8) is 0 Å². The van der Waals surface area contributed by atoms with Gasteiger partial charge >= 0.3 is 0 Å². The van der Waals surface area contributed by atoms with Gasteiger partial charge in [0.1, 0.15) is 0 Å². The van der Waals surface area contributed by atoms with E-state index in [-0.39, 0.29) is 0 Å². The number of aromatic nitrogens is 1. The van der Waals surface area contributed by atoms with Crippen LogP contribution in [0.15, 0.2) is 29.2 Å². The lowest BCUT2D eigenvalue weighted by Crippen LogP contribution is -1.89. The highest BCUT2D eigenvalue weighted by molar-refractivity contribution is 7.98. The summed E-state index contributed by atoms with van der Waals surface area (Å²) in [6, 6.07) is 9.16. The Kier molecular flexibility index (Phi) is 2.75. The predicted octanol–water partition coefficient (Wildman–Crippen LogP) is 4.20. The minimum absolute atomic E-state index is 1.20. The van der Waals surface area contributed by atoms with Crippen molar-refractivity contribution >= 4 is 11.8 Å². The summed E-state index contributed by atoms with van der Waals surface area (Å²) in [5.41, 5.74) is 7.01. The average molecular weight is 243 g/mol. The van der Waals surface area contributed by atoms with Crippen molar-refractivity contribution in [2.45, 2.75) is 31.1 Å². The molecule has 0 spiro atoms. The monoisotopic (exact) mass is 243 g/mol. The molecule has 17 heavy (non-hydrogen) atoms. The fourth-order valence-corrected chi connectivity index (χ4v) is 3.17. The van der Waals surface area contributed by atoms with E-state index in [0.717, 1.165) is 0 Å². The molecule has 0 radical (unpaired) electrons. The van der Waals surface area contributed by atoms with E-state index in [1.165, 1.54) is 52.2 Å². The van der Waals surface area contributed by atoms with E-state index in [1.807, 2.05) is 11.8 Å². The van der Waals surface area contributed by atoms with Crippen molar-refractivity contribution in [3.8, 4) is 11.3 Å². The molecule has 1 aliphatic carbocycles. The van der Waals surface area contributed by atoms with Crippen molar-refractivity contribution in [1.82, 2.24) is 4.98 Å². The quantitative estimate of drug-likeness (QED) is 0.742. The van der Waals surface area contributed by atoms with Gasteiger partial charge in [-0.2, -0.15) is 0 Å². The SMILES string of the molecule is CSc1ccc2c(c1)CCCc1cc(C)[nH]c1-2. The molecule has 0 unspecified atom stereocenters. The second kappa shape index (κ2) is 4.26. The van der Waals surface area contributed by atoms with Gasteiger partial charge in [0.15, 0.2) is 0 Å². The number of nitrogens with one attached hydrogen (secondary N) is 1. The molecule has 0 fully saturated rings. The van der Waals surface area contributed by atoms with Crippen LogP contribution in [0, 0.1) is 6.92 Å². The van der Waals surface area contributed by atoms with Gasteiger partial charge in [-0.15, -0.1) is 11.8 Å². The Morgan fingerprint density at radius 2 is 1.94 bits per heavy atom. The molecule has 1 aromatic heterocycles. The molecule has 0 bridgehead atoms. The van der Waals surface area contributed by atoms with Crippen LogP contribution in [0.25, 0.3) is 11.3 Å². The van der Waals surface area contributed by atoms with Crippen molar-refractivity contribution in [3.05, 3.63) is 41.1 Å². The first-order valence-corrected chi connectivity index (χ1v) is 7.36. The van der Waals surface area contributed by atoms with Gasteiger partial charge < -0.3 is 4.98 Å². The summed E-state index contributed by atoms with van der Waals surface area (Å²) in [6.45, 7) is 2.14. The highest BCUT2D eigenvalue weighted by Crippen LogP contribution is 2.34.